The van der Waals surface area contributed by atoms with E-state index in [1.54, 1.807) is 18.7 Å². The van der Waals surface area contributed by atoms with Crippen molar-refractivity contribution in [2.24, 2.45) is 0 Å². The summed E-state index contributed by atoms with van der Waals surface area (Å²) in [6.45, 7) is 7.06. The number of amides is 1. The van der Waals surface area contributed by atoms with Crippen molar-refractivity contribution >= 4 is 33.1 Å². The van der Waals surface area contributed by atoms with Gasteiger partial charge in [-0.2, -0.15) is 0 Å². The maximum Gasteiger partial charge on any atom is 0.266 e. The quantitative estimate of drug-likeness (QED) is 0.645. The van der Waals surface area contributed by atoms with Gasteiger partial charge in [-0.05, 0) is 31.5 Å². The molecule has 0 radical (unpaired) electrons. The van der Waals surface area contributed by atoms with Gasteiger partial charge in [0.15, 0.2) is 0 Å². The zero-order valence-electron chi connectivity index (χ0n) is 15.5. The highest BCUT2D eigenvalue weighted by Crippen LogP contribution is 2.27. The molecule has 140 valence electrons. The van der Waals surface area contributed by atoms with Gasteiger partial charge >= 0.3 is 0 Å². The molecule has 0 bridgehead atoms. The molecule has 6 nitrogen and oxygen atoms in total. The molecule has 1 amide bonds. The second-order valence-corrected chi connectivity index (χ2v) is 8.17. The Balaban J connectivity index is 1.52. The van der Waals surface area contributed by atoms with Crippen molar-refractivity contribution in [3.8, 4) is 0 Å². The Morgan fingerprint density at radius 1 is 1.22 bits per heavy atom. The van der Waals surface area contributed by atoms with Crippen LogP contribution in [-0.2, 0) is 6.54 Å². The second-order valence-electron chi connectivity index (χ2n) is 7.17. The predicted octanol–water partition coefficient (Wildman–Crippen LogP) is 2.03. The monoisotopic (exact) mass is 383 g/mol. The number of aromatic nitrogens is 2. The number of benzene rings is 1. The summed E-state index contributed by atoms with van der Waals surface area (Å²) in [5.41, 5.74) is 2.53. The molecule has 1 fully saturated rings. The molecular formula is C20H23N4O2S+. The van der Waals surface area contributed by atoms with Crippen LogP contribution in [0.3, 0.4) is 0 Å². The third-order valence-corrected chi connectivity index (χ3v) is 6.29. The van der Waals surface area contributed by atoms with Crippen LogP contribution in [0.25, 0.3) is 10.2 Å². The normalized spacial score (nSPS) is 14.7. The highest BCUT2D eigenvalue weighted by Gasteiger charge is 2.19. The first-order chi connectivity index (χ1) is 13.0. The number of fused-ring (bicyclic) bond motifs is 1. The van der Waals surface area contributed by atoms with Gasteiger partial charge in [0.25, 0.3) is 11.5 Å². The van der Waals surface area contributed by atoms with E-state index in [1.165, 1.54) is 42.8 Å². The third-order valence-electron chi connectivity index (χ3n) is 5.10. The molecule has 1 aliphatic heterocycles. The van der Waals surface area contributed by atoms with Gasteiger partial charge in [0, 0.05) is 24.1 Å². The third kappa shape index (κ3) is 3.65. The van der Waals surface area contributed by atoms with Crippen LogP contribution in [0.2, 0.25) is 0 Å². The van der Waals surface area contributed by atoms with Crippen molar-refractivity contribution in [3.63, 3.8) is 0 Å². The lowest BCUT2D eigenvalue weighted by Gasteiger charge is -2.12. The van der Waals surface area contributed by atoms with E-state index >= 15 is 0 Å². The van der Waals surface area contributed by atoms with Crippen molar-refractivity contribution in [3.05, 3.63) is 56.4 Å². The Bertz CT molecular complexity index is 1050. The molecule has 0 unspecified atom stereocenters. The van der Waals surface area contributed by atoms with Crippen LogP contribution in [0.5, 0.6) is 0 Å². The Morgan fingerprint density at radius 2 is 1.93 bits per heavy atom. The van der Waals surface area contributed by atoms with Gasteiger partial charge in [-0.15, -0.1) is 11.3 Å². The number of carbonyl (C=O) groups excluding carboxylic acids is 1. The van der Waals surface area contributed by atoms with Gasteiger partial charge in [-0.1, -0.05) is 12.1 Å². The Labute approximate surface area is 161 Å². The zero-order chi connectivity index (χ0) is 19.0. The number of aryl methyl sites for hydroxylation is 2. The van der Waals surface area contributed by atoms with Gasteiger partial charge in [0.05, 0.1) is 23.4 Å². The number of nitrogens with one attached hydrogen (secondary N) is 3. The van der Waals surface area contributed by atoms with Crippen LogP contribution in [0, 0.1) is 13.8 Å². The smallest absolute Gasteiger partial charge is 0.266 e. The molecule has 27 heavy (non-hydrogen) atoms. The predicted molar refractivity (Wildman–Crippen MR) is 108 cm³/mol. The number of aromatic amines is 1. The molecule has 0 aliphatic carbocycles. The summed E-state index contributed by atoms with van der Waals surface area (Å²) >= 11 is 1.26. The van der Waals surface area contributed by atoms with Gasteiger partial charge in [-0.3, -0.25) is 9.59 Å². The molecule has 0 spiro atoms. The highest BCUT2D eigenvalue weighted by molar-refractivity contribution is 7.20. The number of likely N-dealkylation sites (tertiary alicyclic amines) is 1. The number of anilines is 1. The SMILES string of the molecule is Cc1nc2sc(C(=O)Nc3ccc(C[NH+]4CCCC4)cc3)c(C)c2c(=O)[nH]1. The first-order valence-corrected chi connectivity index (χ1v) is 10.1. The summed E-state index contributed by atoms with van der Waals surface area (Å²) in [6, 6.07) is 8.05. The molecule has 1 saturated heterocycles. The number of carbonyl (C=O) groups is 1. The number of rotatable bonds is 4. The summed E-state index contributed by atoms with van der Waals surface area (Å²) in [5.74, 6) is 0.349. The van der Waals surface area contributed by atoms with Gasteiger partial charge in [0.1, 0.15) is 17.2 Å². The number of H-pyrrole nitrogens is 1. The Morgan fingerprint density at radius 3 is 2.63 bits per heavy atom. The maximum atomic E-state index is 12.7. The van der Waals surface area contributed by atoms with Crippen LogP contribution >= 0.6 is 11.3 Å². The average molecular weight is 383 g/mol. The summed E-state index contributed by atoms with van der Waals surface area (Å²) in [4.78, 5) is 34.7. The molecule has 2 aromatic heterocycles. The molecule has 4 rings (SSSR count). The largest absolute Gasteiger partial charge is 0.331 e. The summed E-state index contributed by atoms with van der Waals surface area (Å²) in [6.07, 6.45) is 2.63. The number of thiophene rings is 1. The number of hydrogen-bond acceptors (Lipinski definition) is 4. The summed E-state index contributed by atoms with van der Waals surface area (Å²) < 4.78 is 0. The van der Waals surface area contributed by atoms with Crippen LogP contribution in [0.1, 0.15) is 39.5 Å². The van der Waals surface area contributed by atoms with E-state index in [1.807, 2.05) is 12.1 Å². The molecule has 3 N–H and O–H groups in total. The number of hydrogen-bond donors (Lipinski definition) is 3. The van der Waals surface area contributed by atoms with Crippen LogP contribution in [0.15, 0.2) is 29.1 Å². The average Bonchev–Trinajstić information content (AvgIpc) is 3.24. The number of quaternary nitrogens is 1. The Kier molecular flexibility index (Phi) is 4.80. The summed E-state index contributed by atoms with van der Waals surface area (Å²) in [7, 11) is 0. The molecule has 0 atom stereocenters. The van der Waals surface area contributed by atoms with E-state index < -0.39 is 0 Å². The molecule has 0 saturated carbocycles. The topological polar surface area (TPSA) is 79.3 Å². The lowest BCUT2D eigenvalue weighted by Crippen LogP contribution is -3.08. The second kappa shape index (κ2) is 7.25. The van der Waals surface area contributed by atoms with Gasteiger partial charge < -0.3 is 15.2 Å². The standard InChI is InChI=1S/C20H22N4O2S/c1-12-16-18(25)21-13(2)22-20(16)27-17(12)19(26)23-15-7-5-14(6-8-15)11-24-9-3-4-10-24/h5-8H,3-4,9-11H2,1-2H3,(H,23,26)(H,21,22,25)/p+1. The van der Waals surface area contributed by atoms with E-state index in [0.717, 1.165) is 12.2 Å². The van der Waals surface area contributed by atoms with Crippen LogP contribution in [0.4, 0.5) is 5.69 Å². The van der Waals surface area contributed by atoms with Gasteiger partial charge in [-0.25, -0.2) is 4.98 Å². The number of nitrogens with zero attached hydrogens (tertiary/aromatic N) is 1. The lowest BCUT2D eigenvalue weighted by atomic mass is 10.2. The molecule has 1 aliphatic rings. The van der Waals surface area contributed by atoms with E-state index in [-0.39, 0.29) is 11.5 Å². The van der Waals surface area contributed by atoms with Crippen molar-refractivity contribution < 1.29 is 9.69 Å². The van der Waals surface area contributed by atoms with Crippen LogP contribution < -0.4 is 15.8 Å². The van der Waals surface area contributed by atoms with E-state index in [2.05, 4.69) is 27.4 Å². The maximum absolute atomic E-state index is 12.7. The highest BCUT2D eigenvalue weighted by atomic mass is 32.1. The molecule has 7 heteroatoms. The van der Waals surface area contributed by atoms with E-state index in [4.69, 9.17) is 0 Å². The van der Waals surface area contributed by atoms with Crippen molar-refractivity contribution in [2.45, 2.75) is 33.2 Å². The van der Waals surface area contributed by atoms with Crippen molar-refractivity contribution in [1.82, 2.24) is 9.97 Å². The first kappa shape index (κ1) is 17.9. The zero-order valence-corrected chi connectivity index (χ0v) is 16.3. The minimum atomic E-state index is -0.203. The lowest BCUT2D eigenvalue weighted by molar-refractivity contribution is -0.901. The van der Waals surface area contributed by atoms with E-state index in [0.29, 0.717) is 26.5 Å². The molecule has 1 aromatic carbocycles. The fourth-order valence-corrected chi connectivity index (χ4v) is 4.82. The molecule has 3 aromatic rings. The van der Waals surface area contributed by atoms with Crippen molar-refractivity contribution in [2.75, 3.05) is 18.4 Å². The Hall–Kier alpha value is -2.51. The minimum absolute atomic E-state index is 0.195. The minimum Gasteiger partial charge on any atom is -0.331 e. The van der Waals surface area contributed by atoms with Crippen molar-refractivity contribution in [1.29, 1.82) is 0 Å². The molecule has 3 heterocycles. The van der Waals surface area contributed by atoms with Gasteiger partial charge in [0.2, 0.25) is 0 Å². The molecular weight excluding hydrogens is 360 g/mol. The van der Waals surface area contributed by atoms with E-state index in [9.17, 15) is 9.59 Å². The fourth-order valence-electron chi connectivity index (χ4n) is 3.70. The fraction of sp³-hybridized carbons (Fsp3) is 0.350. The first-order valence-electron chi connectivity index (χ1n) is 9.25. The van der Waals surface area contributed by atoms with Crippen LogP contribution in [-0.4, -0.2) is 29.0 Å². The summed E-state index contributed by atoms with van der Waals surface area (Å²) in [5, 5.41) is 3.44.